The molecule has 0 amide bonds. The lowest BCUT2D eigenvalue weighted by Gasteiger charge is -2.06. The lowest BCUT2D eigenvalue weighted by molar-refractivity contribution is 0.435. The van der Waals surface area contributed by atoms with E-state index in [9.17, 15) is 10.1 Å². The van der Waals surface area contributed by atoms with Crippen LogP contribution in [-0.2, 0) is 19.3 Å². The zero-order chi connectivity index (χ0) is 16.8. The number of hydrogen-bond acceptors (Lipinski definition) is 5. The van der Waals surface area contributed by atoms with E-state index in [-0.39, 0.29) is 17.1 Å². The second kappa shape index (κ2) is 5.31. The Balaban J connectivity index is 1.96. The molecule has 1 aliphatic carbocycles. The van der Waals surface area contributed by atoms with Crippen LogP contribution in [0.1, 0.15) is 36.7 Å². The van der Waals surface area contributed by atoms with Gasteiger partial charge in [-0.05, 0) is 30.4 Å². The first-order chi connectivity index (χ1) is 11.6. The summed E-state index contributed by atoms with van der Waals surface area (Å²) in [7, 11) is 0. The Morgan fingerprint density at radius 3 is 2.96 bits per heavy atom. The molecule has 1 aliphatic rings. The van der Waals surface area contributed by atoms with Crippen molar-refractivity contribution < 1.29 is 4.42 Å². The van der Waals surface area contributed by atoms with E-state index in [1.807, 2.05) is 32.0 Å². The van der Waals surface area contributed by atoms with Gasteiger partial charge >= 0.3 is 0 Å². The van der Waals surface area contributed by atoms with Gasteiger partial charge in [0.2, 0.25) is 5.69 Å². The van der Waals surface area contributed by atoms with Crippen molar-refractivity contribution in [2.24, 2.45) is 5.92 Å². The Morgan fingerprint density at radius 1 is 1.38 bits per heavy atom. The fourth-order valence-electron chi connectivity index (χ4n) is 3.23. The average Bonchev–Trinajstić information content (AvgIpc) is 3.15. The second-order valence-electron chi connectivity index (χ2n) is 6.47. The Labute approximate surface area is 138 Å². The van der Waals surface area contributed by atoms with Crippen molar-refractivity contribution in [2.45, 2.75) is 33.1 Å². The summed E-state index contributed by atoms with van der Waals surface area (Å²) < 4.78 is 6.91. The van der Waals surface area contributed by atoms with E-state index in [1.54, 1.807) is 6.07 Å². The SMILES string of the molecule is CC(C)Cc1nc(C#N)c(-n2nc3c4c(cccc4c2=O)CC3)o1. The Hall–Kier alpha value is -2.94. The molecule has 3 aromatic rings. The number of oxazole rings is 1. The summed E-state index contributed by atoms with van der Waals surface area (Å²) in [4.78, 5) is 17.1. The van der Waals surface area contributed by atoms with Crippen molar-refractivity contribution >= 4 is 10.8 Å². The van der Waals surface area contributed by atoms with Gasteiger partial charge in [-0.2, -0.15) is 15.0 Å². The Kier molecular flexibility index (Phi) is 3.24. The molecule has 0 aliphatic heterocycles. The third-order valence-corrected chi connectivity index (χ3v) is 4.25. The van der Waals surface area contributed by atoms with E-state index in [0.29, 0.717) is 23.6 Å². The number of aryl methyl sites for hydroxylation is 2. The van der Waals surface area contributed by atoms with Gasteiger partial charge in [-0.1, -0.05) is 26.0 Å². The van der Waals surface area contributed by atoms with Crippen LogP contribution in [0.2, 0.25) is 0 Å². The van der Waals surface area contributed by atoms with Crippen LogP contribution in [0.3, 0.4) is 0 Å². The number of hydrogen-bond donors (Lipinski definition) is 0. The molecule has 0 radical (unpaired) electrons. The molecule has 2 heterocycles. The van der Waals surface area contributed by atoms with Gasteiger partial charge in [0.15, 0.2) is 5.89 Å². The molecule has 6 nitrogen and oxygen atoms in total. The lowest BCUT2D eigenvalue weighted by atomic mass is 10.1. The van der Waals surface area contributed by atoms with E-state index in [0.717, 1.165) is 29.5 Å². The van der Waals surface area contributed by atoms with Crippen molar-refractivity contribution in [3.63, 3.8) is 0 Å². The van der Waals surface area contributed by atoms with Crippen LogP contribution in [0.5, 0.6) is 0 Å². The standard InChI is InChI=1S/C18H16N4O2/c1-10(2)8-15-20-14(9-19)18(24-15)22-17(23)12-5-3-4-11-6-7-13(21-22)16(11)12/h3-5,10H,6-8H2,1-2H3. The van der Waals surface area contributed by atoms with E-state index in [2.05, 4.69) is 10.1 Å². The number of aromatic nitrogens is 3. The zero-order valence-corrected chi connectivity index (χ0v) is 13.5. The van der Waals surface area contributed by atoms with Crippen LogP contribution >= 0.6 is 0 Å². The van der Waals surface area contributed by atoms with Gasteiger partial charge < -0.3 is 4.42 Å². The summed E-state index contributed by atoms with van der Waals surface area (Å²) in [5.74, 6) is 0.911. The molecule has 120 valence electrons. The number of nitriles is 1. The Morgan fingerprint density at radius 2 is 2.21 bits per heavy atom. The first-order valence-electron chi connectivity index (χ1n) is 8.02. The van der Waals surface area contributed by atoms with E-state index < -0.39 is 0 Å². The summed E-state index contributed by atoms with van der Waals surface area (Å²) in [5.41, 5.74) is 1.84. The molecular formula is C18H16N4O2. The molecule has 1 aromatic carbocycles. The van der Waals surface area contributed by atoms with Gasteiger partial charge in [0, 0.05) is 11.8 Å². The predicted octanol–water partition coefficient (Wildman–Crippen LogP) is 2.54. The predicted molar refractivity (Wildman–Crippen MR) is 88.1 cm³/mol. The molecule has 0 fully saturated rings. The van der Waals surface area contributed by atoms with E-state index >= 15 is 0 Å². The minimum atomic E-state index is -0.277. The molecule has 0 bridgehead atoms. The molecule has 24 heavy (non-hydrogen) atoms. The van der Waals surface area contributed by atoms with E-state index in [4.69, 9.17) is 4.42 Å². The van der Waals surface area contributed by atoms with Crippen LogP contribution in [0.15, 0.2) is 27.4 Å². The Bertz CT molecular complexity index is 1050. The van der Waals surface area contributed by atoms with Gasteiger partial charge in [-0.3, -0.25) is 4.79 Å². The van der Waals surface area contributed by atoms with Crippen molar-refractivity contribution in [3.8, 4) is 12.0 Å². The van der Waals surface area contributed by atoms with E-state index in [1.165, 1.54) is 4.68 Å². The highest BCUT2D eigenvalue weighted by Gasteiger charge is 2.23. The topological polar surface area (TPSA) is 84.7 Å². The van der Waals surface area contributed by atoms with Gasteiger partial charge in [-0.15, -0.1) is 0 Å². The normalized spacial score (nSPS) is 12.9. The average molecular weight is 320 g/mol. The monoisotopic (exact) mass is 320 g/mol. The van der Waals surface area contributed by atoms with Crippen LogP contribution in [0, 0.1) is 17.2 Å². The molecule has 0 N–H and O–H groups in total. The third kappa shape index (κ3) is 2.13. The summed E-state index contributed by atoms with van der Waals surface area (Å²) in [5, 5.41) is 15.4. The second-order valence-corrected chi connectivity index (χ2v) is 6.47. The number of nitrogens with zero attached hydrogens (tertiary/aromatic N) is 4. The highest BCUT2D eigenvalue weighted by atomic mass is 16.4. The molecule has 4 rings (SSSR count). The summed E-state index contributed by atoms with van der Waals surface area (Å²) in [6, 6.07) is 7.72. The summed E-state index contributed by atoms with van der Waals surface area (Å²) in [6.07, 6.45) is 2.27. The fourth-order valence-corrected chi connectivity index (χ4v) is 3.23. The molecule has 6 heteroatoms. The third-order valence-electron chi connectivity index (χ3n) is 4.25. The van der Waals surface area contributed by atoms with Crippen molar-refractivity contribution in [1.82, 2.24) is 14.8 Å². The minimum absolute atomic E-state index is 0.0981. The molecule has 2 aromatic heterocycles. The first-order valence-corrected chi connectivity index (χ1v) is 8.02. The fraction of sp³-hybridized carbons (Fsp3) is 0.333. The van der Waals surface area contributed by atoms with Crippen LogP contribution in [0.25, 0.3) is 16.7 Å². The lowest BCUT2D eigenvalue weighted by Crippen LogP contribution is -2.22. The maximum absolute atomic E-state index is 12.9. The smallest absolute Gasteiger partial charge is 0.282 e. The molecule has 0 spiro atoms. The van der Waals surface area contributed by atoms with Gasteiger partial charge in [0.1, 0.15) is 6.07 Å². The maximum atomic E-state index is 12.9. The molecule has 0 atom stereocenters. The minimum Gasteiger partial charge on any atom is -0.421 e. The van der Waals surface area contributed by atoms with Crippen molar-refractivity contribution in [3.05, 3.63) is 51.4 Å². The summed E-state index contributed by atoms with van der Waals surface area (Å²) in [6.45, 7) is 4.08. The first kappa shape index (κ1) is 14.6. The molecule has 0 saturated carbocycles. The molecule has 0 unspecified atom stereocenters. The van der Waals surface area contributed by atoms with Gasteiger partial charge in [0.05, 0.1) is 11.1 Å². The quantitative estimate of drug-likeness (QED) is 0.740. The van der Waals surface area contributed by atoms with Crippen LogP contribution < -0.4 is 5.56 Å². The van der Waals surface area contributed by atoms with Gasteiger partial charge in [-0.25, -0.2) is 4.98 Å². The zero-order valence-electron chi connectivity index (χ0n) is 13.5. The van der Waals surface area contributed by atoms with Crippen molar-refractivity contribution in [2.75, 3.05) is 0 Å². The maximum Gasteiger partial charge on any atom is 0.282 e. The molecule has 0 saturated heterocycles. The molecular weight excluding hydrogens is 304 g/mol. The largest absolute Gasteiger partial charge is 0.421 e. The van der Waals surface area contributed by atoms with Crippen LogP contribution in [0.4, 0.5) is 0 Å². The highest BCUT2D eigenvalue weighted by molar-refractivity contribution is 5.88. The van der Waals surface area contributed by atoms with Crippen LogP contribution in [-0.4, -0.2) is 14.8 Å². The highest BCUT2D eigenvalue weighted by Crippen LogP contribution is 2.28. The number of rotatable bonds is 3. The van der Waals surface area contributed by atoms with Gasteiger partial charge in [0.25, 0.3) is 11.4 Å². The number of benzene rings is 1. The van der Waals surface area contributed by atoms with Crippen molar-refractivity contribution in [1.29, 1.82) is 5.26 Å². The summed E-state index contributed by atoms with van der Waals surface area (Å²) >= 11 is 0.